The van der Waals surface area contributed by atoms with Crippen molar-refractivity contribution in [3.05, 3.63) is 64.2 Å². The molecule has 0 bridgehead atoms. The SMILES string of the molecule is NCCN1Cc2ccc(CC(=O)NC3Cc4cccc(C(=O)O)c4OB3O)cc2C1. The summed E-state index contributed by atoms with van der Waals surface area (Å²) in [5, 5.41) is 22.4. The molecule has 9 heteroatoms. The Morgan fingerprint density at radius 2 is 2.00 bits per heavy atom. The van der Waals surface area contributed by atoms with Crippen molar-refractivity contribution in [1.82, 2.24) is 10.2 Å². The second-order valence-electron chi connectivity index (χ2n) is 7.76. The zero-order chi connectivity index (χ0) is 21.3. The van der Waals surface area contributed by atoms with Gasteiger partial charge in [0.2, 0.25) is 5.91 Å². The lowest BCUT2D eigenvalue weighted by molar-refractivity contribution is -0.120. The number of amides is 1. The van der Waals surface area contributed by atoms with Gasteiger partial charge < -0.3 is 25.8 Å². The number of hydrogen-bond acceptors (Lipinski definition) is 6. The highest BCUT2D eigenvalue weighted by atomic mass is 16.5. The number of carbonyl (C=O) groups is 2. The molecule has 30 heavy (non-hydrogen) atoms. The van der Waals surface area contributed by atoms with Gasteiger partial charge >= 0.3 is 13.1 Å². The van der Waals surface area contributed by atoms with Gasteiger partial charge in [-0.2, -0.15) is 0 Å². The zero-order valence-corrected chi connectivity index (χ0v) is 16.5. The third-order valence-electron chi connectivity index (χ3n) is 5.56. The third kappa shape index (κ3) is 4.18. The second-order valence-corrected chi connectivity index (χ2v) is 7.76. The Hall–Kier alpha value is -2.88. The van der Waals surface area contributed by atoms with E-state index in [1.165, 1.54) is 17.2 Å². The normalized spacial score (nSPS) is 17.8. The third-order valence-corrected chi connectivity index (χ3v) is 5.56. The summed E-state index contributed by atoms with van der Waals surface area (Å²) >= 11 is 0. The van der Waals surface area contributed by atoms with Crippen molar-refractivity contribution in [1.29, 1.82) is 0 Å². The fraction of sp³-hybridized carbons (Fsp3) is 0.333. The average Bonchev–Trinajstić information content (AvgIpc) is 3.10. The number of benzene rings is 2. The Balaban J connectivity index is 1.40. The number of nitrogens with one attached hydrogen (secondary N) is 1. The zero-order valence-electron chi connectivity index (χ0n) is 16.5. The van der Waals surface area contributed by atoms with Crippen LogP contribution in [0.1, 0.15) is 32.6 Å². The monoisotopic (exact) mass is 409 g/mol. The van der Waals surface area contributed by atoms with Crippen molar-refractivity contribution in [2.75, 3.05) is 13.1 Å². The van der Waals surface area contributed by atoms with E-state index in [-0.39, 0.29) is 23.6 Å². The van der Waals surface area contributed by atoms with Crippen molar-refractivity contribution in [2.24, 2.45) is 5.73 Å². The summed E-state index contributed by atoms with van der Waals surface area (Å²) in [6.07, 6.45) is 0.483. The van der Waals surface area contributed by atoms with Gasteiger partial charge in [-0.05, 0) is 34.7 Å². The molecule has 4 rings (SSSR count). The minimum atomic E-state index is -1.31. The molecule has 0 saturated carbocycles. The molecule has 2 heterocycles. The Labute approximate surface area is 174 Å². The molecule has 2 aromatic rings. The molecule has 156 valence electrons. The number of nitrogens with two attached hydrogens (primary N) is 1. The van der Waals surface area contributed by atoms with Gasteiger partial charge in [0.1, 0.15) is 5.75 Å². The molecule has 8 nitrogen and oxygen atoms in total. The summed E-state index contributed by atoms with van der Waals surface area (Å²) in [5.74, 6) is -1.84. The van der Waals surface area contributed by atoms with Gasteiger partial charge in [-0.15, -0.1) is 0 Å². The maximum atomic E-state index is 12.6. The fourth-order valence-electron chi connectivity index (χ4n) is 4.13. The first-order chi connectivity index (χ1) is 14.4. The minimum Gasteiger partial charge on any atom is -0.534 e. The van der Waals surface area contributed by atoms with Crippen LogP contribution in [0.25, 0.3) is 0 Å². The number of aromatic carboxylic acids is 1. The Morgan fingerprint density at radius 1 is 1.20 bits per heavy atom. The molecule has 0 fully saturated rings. The average molecular weight is 409 g/mol. The Bertz CT molecular complexity index is 983. The van der Waals surface area contributed by atoms with Crippen LogP contribution in [0.4, 0.5) is 0 Å². The van der Waals surface area contributed by atoms with E-state index in [1.807, 2.05) is 12.1 Å². The number of rotatable bonds is 6. The van der Waals surface area contributed by atoms with Crippen LogP contribution < -0.4 is 15.7 Å². The highest BCUT2D eigenvalue weighted by Gasteiger charge is 2.37. The Morgan fingerprint density at radius 3 is 2.77 bits per heavy atom. The van der Waals surface area contributed by atoms with Gasteiger partial charge in [0.15, 0.2) is 0 Å². The van der Waals surface area contributed by atoms with E-state index in [1.54, 1.807) is 12.1 Å². The fourth-order valence-corrected chi connectivity index (χ4v) is 4.13. The van der Waals surface area contributed by atoms with E-state index in [0.717, 1.165) is 25.2 Å². The maximum absolute atomic E-state index is 12.6. The number of carbonyl (C=O) groups excluding carboxylic acids is 1. The van der Waals surface area contributed by atoms with Crippen LogP contribution in [0, 0.1) is 0 Å². The van der Waals surface area contributed by atoms with Gasteiger partial charge in [0.25, 0.3) is 0 Å². The summed E-state index contributed by atoms with van der Waals surface area (Å²) in [6.45, 7) is 3.17. The van der Waals surface area contributed by atoms with Gasteiger partial charge in [0, 0.05) is 26.2 Å². The van der Waals surface area contributed by atoms with Crippen molar-refractivity contribution >= 4 is 19.0 Å². The van der Waals surface area contributed by atoms with Gasteiger partial charge in [-0.1, -0.05) is 30.3 Å². The van der Waals surface area contributed by atoms with E-state index < -0.39 is 19.0 Å². The molecule has 0 aliphatic carbocycles. The van der Waals surface area contributed by atoms with Crippen molar-refractivity contribution in [3.63, 3.8) is 0 Å². The first kappa shape index (κ1) is 20.4. The standard InChI is InChI=1S/C21H24BN3O5/c23-6-7-25-11-15-5-4-13(8-16(15)12-25)9-19(26)24-18-10-14-2-1-3-17(21(27)28)20(14)30-22(18)29/h1-5,8,18,29H,6-7,9-12,23H2,(H,24,26)(H,27,28). The molecule has 0 aromatic heterocycles. The largest absolute Gasteiger partial charge is 0.547 e. The van der Waals surface area contributed by atoms with Crippen LogP contribution in [-0.4, -0.2) is 53.1 Å². The summed E-state index contributed by atoms with van der Waals surface area (Å²) in [5.41, 5.74) is 9.65. The second kappa shape index (κ2) is 8.47. The van der Waals surface area contributed by atoms with Crippen LogP contribution in [0.2, 0.25) is 0 Å². The predicted octanol–water partition coefficient (Wildman–Crippen LogP) is 0.341. The summed E-state index contributed by atoms with van der Waals surface area (Å²) in [7, 11) is -1.31. The molecule has 2 aliphatic heterocycles. The lowest BCUT2D eigenvalue weighted by Gasteiger charge is -2.28. The Kier molecular flexibility index (Phi) is 5.76. The van der Waals surface area contributed by atoms with E-state index in [0.29, 0.717) is 18.5 Å². The van der Waals surface area contributed by atoms with Crippen LogP contribution in [0.5, 0.6) is 5.75 Å². The first-order valence-corrected chi connectivity index (χ1v) is 9.97. The molecule has 1 atom stereocenters. The molecule has 0 radical (unpaired) electrons. The number of carboxylic acid groups (broad SMARTS) is 1. The van der Waals surface area contributed by atoms with Crippen LogP contribution in [-0.2, 0) is 30.7 Å². The van der Waals surface area contributed by atoms with E-state index in [2.05, 4.69) is 16.3 Å². The smallest absolute Gasteiger partial charge is 0.534 e. The van der Waals surface area contributed by atoms with Crippen molar-refractivity contribution in [3.8, 4) is 5.75 Å². The van der Waals surface area contributed by atoms with Crippen LogP contribution in [0.15, 0.2) is 36.4 Å². The number of nitrogens with zero attached hydrogens (tertiary/aromatic N) is 1. The molecule has 1 amide bonds. The molecule has 2 aliphatic rings. The van der Waals surface area contributed by atoms with E-state index >= 15 is 0 Å². The van der Waals surface area contributed by atoms with E-state index in [4.69, 9.17) is 10.4 Å². The summed E-state index contributed by atoms with van der Waals surface area (Å²) < 4.78 is 5.43. The predicted molar refractivity (Wildman–Crippen MR) is 111 cm³/mol. The lowest BCUT2D eigenvalue weighted by atomic mass is 9.72. The van der Waals surface area contributed by atoms with Crippen LogP contribution in [0.3, 0.4) is 0 Å². The maximum Gasteiger partial charge on any atom is 0.547 e. The molecular weight excluding hydrogens is 385 g/mol. The van der Waals surface area contributed by atoms with E-state index in [9.17, 15) is 19.7 Å². The van der Waals surface area contributed by atoms with Gasteiger partial charge in [-0.25, -0.2) is 4.79 Å². The topological polar surface area (TPSA) is 125 Å². The lowest BCUT2D eigenvalue weighted by Crippen LogP contribution is -2.53. The molecule has 5 N–H and O–H groups in total. The highest BCUT2D eigenvalue weighted by Crippen LogP contribution is 2.30. The number of hydrogen-bond donors (Lipinski definition) is 4. The number of carboxylic acids is 1. The molecule has 0 spiro atoms. The summed E-state index contributed by atoms with van der Waals surface area (Å²) in [6, 6.07) is 10.8. The number of fused-ring (bicyclic) bond motifs is 2. The molecule has 0 saturated heterocycles. The van der Waals surface area contributed by atoms with Crippen molar-refractivity contribution < 1.29 is 24.4 Å². The van der Waals surface area contributed by atoms with Crippen molar-refractivity contribution in [2.45, 2.75) is 31.9 Å². The molecule has 1 unspecified atom stereocenters. The highest BCUT2D eigenvalue weighted by molar-refractivity contribution is 6.47. The number of para-hydroxylation sites is 1. The van der Waals surface area contributed by atoms with Gasteiger partial charge in [-0.3, -0.25) is 9.69 Å². The minimum absolute atomic E-state index is 0.00172. The summed E-state index contributed by atoms with van der Waals surface area (Å²) in [4.78, 5) is 26.2. The molecular formula is C21H24BN3O5. The van der Waals surface area contributed by atoms with Gasteiger partial charge in [0.05, 0.1) is 17.9 Å². The first-order valence-electron chi connectivity index (χ1n) is 9.97. The van der Waals surface area contributed by atoms with Crippen LogP contribution >= 0.6 is 0 Å². The molecule has 2 aromatic carbocycles. The quantitative estimate of drug-likeness (QED) is 0.507.